The summed E-state index contributed by atoms with van der Waals surface area (Å²) in [4.78, 5) is 36.8. The zero-order chi connectivity index (χ0) is 17.7. The van der Waals surface area contributed by atoms with Crippen molar-refractivity contribution in [2.75, 3.05) is 11.9 Å². The number of anilines is 1. The van der Waals surface area contributed by atoms with Crippen LogP contribution in [-0.2, 0) is 16.0 Å². The van der Waals surface area contributed by atoms with Gasteiger partial charge in [0.15, 0.2) is 0 Å². The van der Waals surface area contributed by atoms with Crippen LogP contribution in [0.2, 0.25) is 0 Å². The van der Waals surface area contributed by atoms with Gasteiger partial charge in [0.1, 0.15) is 6.04 Å². The summed E-state index contributed by atoms with van der Waals surface area (Å²) in [6, 6.07) is 5.99. The lowest BCUT2D eigenvalue weighted by Gasteiger charge is -2.25. The van der Waals surface area contributed by atoms with Crippen molar-refractivity contribution in [1.29, 1.82) is 0 Å². The van der Waals surface area contributed by atoms with E-state index in [1.54, 1.807) is 29.2 Å². The zero-order valence-corrected chi connectivity index (χ0v) is 13.9. The molecular weight excluding hydrogens is 310 g/mol. The van der Waals surface area contributed by atoms with Crippen LogP contribution in [0.5, 0.6) is 0 Å². The number of carboxylic acid groups (broad SMARTS) is 1. The Morgan fingerprint density at radius 2 is 1.92 bits per heavy atom. The monoisotopic (exact) mass is 333 g/mol. The normalized spacial score (nSPS) is 17.0. The molecule has 1 fully saturated rings. The summed E-state index contributed by atoms with van der Waals surface area (Å²) < 4.78 is 0. The summed E-state index contributed by atoms with van der Waals surface area (Å²) in [6.45, 7) is 4.32. The van der Waals surface area contributed by atoms with E-state index in [1.807, 2.05) is 13.8 Å². The molecule has 0 bridgehead atoms. The molecule has 7 nitrogen and oxygen atoms in total. The Balaban J connectivity index is 1.98. The smallest absolute Gasteiger partial charge is 0.318 e. The van der Waals surface area contributed by atoms with Gasteiger partial charge >= 0.3 is 12.0 Å². The predicted molar refractivity (Wildman–Crippen MR) is 89.8 cm³/mol. The summed E-state index contributed by atoms with van der Waals surface area (Å²) in [5.41, 5.74) is 1.25. The molecule has 0 radical (unpaired) electrons. The highest BCUT2D eigenvalue weighted by atomic mass is 16.4. The lowest BCUT2D eigenvalue weighted by Crippen LogP contribution is -2.49. The van der Waals surface area contributed by atoms with E-state index in [0.29, 0.717) is 24.2 Å². The lowest BCUT2D eigenvalue weighted by molar-refractivity contribution is -0.136. The molecule has 1 saturated heterocycles. The van der Waals surface area contributed by atoms with Crippen LogP contribution in [0.1, 0.15) is 32.3 Å². The molecule has 130 valence electrons. The van der Waals surface area contributed by atoms with E-state index in [4.69, 9.17) is 5.11 Å². The molecule has 1 aliphatic heterocycles. The fourth-order valence-electron chi connectivity index (χ4n) is 2.72. The molecule has 0 aromatic heterocycles. The van der Waals surface area contributed by atoms with Gasteiger partial charge in [0.25, 0.3) is 0 Å². The molecule has 3 amide bonds. The number of nitrogens with one attached hydrogen (secondary N) is 2. The molecule has 0 unspecified atom stereocenters. The van der Waals surface area contributed by atoms with Crippen molar-refractivity contribution in [2.24, 2.45) is 0 Å². The maximum absolute atomic E-state index is 12.5. The molecule has 3 N–H and O–H groups in total. The highest BCUT2D eigenvalue weighted by molar-refractivity contribution is 5.97. The molecule has 1 heterocycles. The van der Waals surface area contributed by atoms with Gasteiger partial charge in [-0.25, -0.2) is 4.79 Å². The van der Waals surface area contributed by atoms with Crippen molar-refractivity contribution in [3.8, 4) is 0 Å². The van der Waals surface area contributed by atoms with Gasteiger partial charge in [-0.1, -0.05) is 12.1 Å². The third-order valence-electron chi connectivity index (χ3n) is 3.81. The Labute approximate surface area is 141 Å². The third kappa shape index (κ3) is 4.71. The van der Waals surface area contributed by atoms with Crippen LogP contribution in [0.15, 0.2) is 24.3 Å². The maximum Gasteiger partial charge on any atom is 0.318 e. The first-order valence-corrected chi connectivity index (χ1v) is 8.05. The number of amides is 3. The average Bonchev–Trinajstić information content (AvgIpc) is 2.97. The summed E-state index contributed by atoms with van der Waals surface area (Å²) in [5.74, 6) is -1.12. The summed E-state index contributed by atoms with van der Waals surface area (Å²) in [5, 5.41) is 14.4. The standard InChI is InChI=1S/C17H23N3O4/c1-11(2)18-17(24)20-9-3-4-14(20)16(23)19-13-7-5-12(6-8-13)10-15(21)22/h5-8,11,14H,3-4,9-10H2,1-2H3,(H,18,24)(H,19,23)(H,21,22)/t14-/m0/s1. The number of carbonyl (C=O) groups excluding carboxylic acids is 2. The van der Waals surface area contributed by atoms with Gasteiger partial charge in [-0.3, -0.25) is 9.59 Å². The van der Waals surface area contributed by atoms with Crippen LogP contribution in [0.25, 0.3) is 0 Å². The highest BCUT2D eigenvalue weighted by Gasteiger charge is 2.34. The molecule has 2 rings (SSSR count). The van der Waals surface area contributed by atoms with Gasteiger partial charge in [-0.15, -0.1) is 0 Å². The SMILES string of the molecule is CC(C)NC(=O)N1CCC[C@H]1C(=O)Nc1ccc(CC(=O)O)cc1. The fraction of sp³-hybridized carbons (Fsp3) is 0.471. The van der Waals surface area contributed by atoms with Gasteiger partial charge in [0.05, 0.1) is 6.42 Å². The van der Waals surface area contributed by atoms with Gasteiger partial charge in [-0.2, -0.15) is 0 Å². The summed E-state index contributed by atoms with van der Waals surface area (Å²) >= 11 is 0. The molecule has 0 aliphatic carbocycles. The first kappa shape index (κ1) is 17.8. The van der Waals surface area contributed by atoms with Crippen molar-refractivity contribution in [3.63, 3.8) is 0 Å². The van der Waals surface area contributed by atoms with Gasteiger partial charge < -0.3 is 20.6 Å². The van der Waals surface area contributed by atoms with E-state index in [2.05, 4.69) is 10.6 Å². The molecule has 1 aromatic carbocycles. The predicted octanol–water partition coefficient (Wildman–Crippen LogP) is 1.83. The number of rotatable bonds is 5. The first-order valence-electron chi connectivity index (χ1n) is 8.05. The first-order chi connectivity index (χ1) is 11.4. The molecule has 1 atom stereocenters. The van der Waals surface area contributed by atoms with Crippen LogP contribution < -0.4 is 10.6 Å². The van der Waals surface area contributed by atoms with Gasteiger partial charge in [0.2, 0.25) is 5.91 Å². The van der Waals surface area contributed by atoms with Crippen LogP contribution in [0.3, 0.4) is 0 Å². The Bertz CT molecular complexity index is 613. The summed E-state index contributed by atoms with van der Waals surface area (Å²) in [6.07, 6.45) is 1.37. The van der Waals surface area contributed by atoms with Crippen LogP contribution >= 0.6 is 0 Å². The number of likely N-dealkylation sites (tertiary alicyclic amines) is 1. The van der Waals surface area contributed by atoms with Gasteiger partial charge in [-0.05, 0) is 44.4 Å². The number of aliphatic carboxylic acids is 1. The Morgan fingerprint density at radius 3 is 2.50 bits per heavy atom. The number of hydrogen-bond acceptors (Lipinski definition) is 3. The van der Waals surface area contributed by atoms with E-state index in [1.165, 1.54) is 0 Å². The molecule has 0 spiro atoms. The van der Waals surface area contributed by atoms with Crippen LogP contribution in [0, 0.1) is 0 Å². The second-order valence-electron chi connectivity index (χ2n) is 6.21. The Hall–Kier alpha value is -2.57. The van der Waals surface area contributed by atoms with E-state index in [-0.39, 0.29) is 24.4 Å². The van der Waals surface area contributed by atoms with Crippen molar-refractivity contribution < 1.29 is 19.5 Å². The minimum absolute atomic E-state index is 0.0172. The quantitative estimate of drug-likeness (QED) is 0.765. The van der Waals surface area contributed by atoms with Crippen molar-refractivity contribution in [1.82, 2.24) is 10.2 Å². The van der Waals surface area contributed by atoms with E-state index >= 15 is 0 Å². The van der Waals surface area contributed by atoms with E-state index < -0.39 is 12.0 Å². The second kappa shape index (κ2) is 7.81. The zero-order valence-electron chi connectivity index (χ0n) is 13.9. The molecule has 7 heteroatoms. The minimum Gasteiger partial charge on any atom is -0.481 e. The number of hydrogen-bond donors (Lipinski definition) is 3. The van der Waals surface area contributed by atoms with Gasteiger partial charge in [0, 0.05) is 18.3 Å². The van der Waals surface area contributed by atoms with Crippen molar-refractivity contribution in [3.05, 3.63) is 29.8 Å². The number of carboxylic acids is 1. The summed E-state index contributed by atoms with van der Waals surface area (Å²) in [7, 11) is 0. The molecular formula is C17H23N3O4. The average molecular weight is 333 g/mol. The number of benzene rings is 1. The highest BCUT2D eigenvalue weighted by Crippen LogP contribution is 2.20. The second-order valence-corrected chi connectivity index (χ2v) is 6.21. The topological polar surface area (TPSA) is 98.7 Å². The Morgan fingerprint density at radius 1 is 1.25 bits per heavy atom. The number of carbonyl (C=O) groups is 3. The van der Waals surface area contributed by atoms with Crippen molar-refractivity contribution in [2.45, 2.75) is 45.2 Å². The lowest BCUT2D eigenvalue weighted by atomic mass is 10.1. The maximum atomic E-state index is 12.5. The molecule has 1 aromatic rings. The van der Waals surface area contributed by atoms with E-state index in [9.17, 15) is 14.4 Å². The van der Waals surface area contributed by atoms with Crippen molar-refractivity contribution >= 4 is 23.6 Å². The van der Waals surface area contributed by atoms with Crippen LogP contribution in [-0.4, -0.2) is 46.5 Å². The molecule has 0 saturated carbocycles. The Kier molecular flexibility index (Phi) is 5.78. The molecule has 1 aliphatic rings. The fourth-order valence-corrected chi connectivity index (χ4v) is 2.72. The minimum atomic E-state index is -0.899. The van der Waals surface area contributed by atoms with E-state index in [0.717, 1.165) is 6.42 Å². The number of nitrogens with zero attached hydrogens (tertiary/aromatic N) is 1. The third-order valence-corrected chi connectivity index (χ3v) is 3.81. The number of urea groups is 1. The van der Waals surface area contributed by atoms with Crippen LogP contribution in [0.4, 0.5) is 10.5 Å². The largest absolute Gasteiger partial charge is 0.481 e. The molecule has 24 heavy (non-hydrogen) atoms.